The molecule has 4 aliphatic rings. The Bertz CT molecular complexity index is 684. The van der Waals surface area contributed by atoms with Crippen LogP contribution < -0.4 is 0 Å². The van der Waals surface area contributed by atoms with Crippen LogP contribution in [0.5, 0.6) is 0 Å². The van der Waals surface area contributed by atoms with Crippen LogP contribution in [0.25, 0.3) is 0 Å². The average Bonchev–Trinajstić information content (AvgIpc) is 2.86. The molecule has 0 radical (unpaired) electrons. The minimum absolute atomic E-state index is 0.0149. The molecule has 0 aromatic carbocycles. The van der Waals surface area contributed by atoms with E-state index in [0.717, 1.165) is 38.5 Å². The lowest BCUT2D eigenvalue weighted by Gasteiger charge is -2.60. The summed E-state index contributed by atoms with van der Waals surface area (Å²) in [6.07, 6.45) is 9.35. The molecule has 0 saturated heterocycles. The highest BCUT2D eigenvalue weighted by atomic mass is 16.6. The van der Waals surface area contributed by atoms with E-state index in [1.165, 1.54) is 18.8 Å². The van der Waals surface area contributed by atoms with Crippen LogP contribution in [-0.4, -0.2) is 29.1 Å². The number of ether oxygens (including phenoxy) is 1. The van der Waals surface area contributed by atoms with Crippen molar-refractivity contribution < 1.29 is 19.4 Å². The van der Waals surface area contributed by atoms with Gasteiger partial charge in [0.25, 0.3) is 0 Å². The molecule has 0 heterocycles. The summed E-state index contributed by atoms with van der Waals surface area (Å²) in [5.74, 6) is 1.49. The molecule has 0 spiro atoms. The van der Waals surface area contributed by atoms with Crippen LogP contribution in [0.4, 0.5) is 0 Å². The first kappa shape index (κ1) is 19.2. The number of fused-ring (bicyclic) bond motifs is 5. The first-order valence-electron chi connectivity index (χ1n) is 10.7. The van der Waals surface area contributed by atoms with Gasteiger partial charge in [-0.1, -0.05) is 25.5 Å². The number of hydrogen-bond acceptors (Lipinski definition) is 4. The van der Waals surface area contributed by atoms with Crippen molar-refractivity contribution in [2.24, 2.45) is 34.5 Å². The summed E-state index contributed by atoms with van der Waals surface area (Å²) < 4.78 is 5.90. The standard InChI is InChI=1S/C23H34O4/c1-14-11-17-18-7-9-22(4,27-15(2)25)21(18,3)8-6-19(17)23(13-24)10-5-16(26)12-20(14)23/h12-14,16-19,26H,5-11H2,1-4H3/t14?,16?,17-,18-,19+,21-,22?,23-/m0/s1. The van der Waals surface area contributed by atoms with E-state index < -0.39 is 11.7 Å². The van der Waals surface area contributed by atoms with E-state index in [0.29, 0.717) is 30.1 Å². The molecule has 150 valence electrons. The van der Waals surface area contributed by atoms with E-state index in [-0.39, 0.29) is 16.8 Å². The zero-order chi connectivity index (χ0) is 19.6. The Morgan fingerprint density at radius 2 is 1.89 bits per heavy atom. The van der Waals surface area contributed by atoms with Gasteiger partial charge in [0.2, 0.25) is 0 Å². The summed E-state index contributed by atoms with van der Waals surface area (Å²) in [6, 6.07) is 0. The fourth-order valence-corrected chi connectivity index (χ4v) is 7.72. The number of rotatable bonds is 2. The lowest BCUT2D eigenvalue weighted by molar-refractivity contribution is -0.178. The second-order valence-corrected chi connectivity index (χ2v) is 10.2. The zero-order valence-corrected chi connectivity index (χ0v) is 17.2. The van der Waals surface area contributed by atoms with Crippen LogP contribution in [-0.2, 0) is 14.3 Å². The molecule has 0 aromatic heterocycles. The average molecular weight is 375 g/mol. The van der Waals surface area contributed by atoms with Gasteiger partial charge >= 0.3 is 5.97 Å². The lowest BCUT2D eigenvalue weighted by Crippen LogP contribution is -2.57. The topological polar surface area (TPSA) is 63.6 Å². The summed E-state index contributed by atoms with van der Waals surface area (Å²) in [5, 5.41) is 10.2. The minimum Gasteiger partial charge on any atom is -0.459 e. The van der Waals surface area contributed by atoms with Gasteiger partial charge in [0.05, 0.1) is 11.5 Å². The van der Waals surface area contributed by atoms with Crippen molar-refractivity contribution in [3.8, 4) is 0 Å². The maximum absolute atomic E-state index is 12.5. The van der Waals surface area contributed by atoms with Gasteiger partial charge in [-0.2, -0.15) is 0 Å². The molecule has 3 fully saturated rings. The van der Waals surface area contributed by atoms with Gasteiger partial charge in [-0.15, -0.1) is 0 Å². The Balaban J connectivity index is 1.72. The van der Waals surface area contributed by atoms with Crippen LogP contribution in [0.3, 0.4) is 0 Å². The van der Waals surface area contributed by atoms with Gasteiger partial charge in [0.1, 0.15) is 11.9 Å². The molecule has 4 rings (SSSR count). The fourth-order valence-electron chi connectivity index (χ4n) is 7.72. The smallest absolute Gasteiger partial charge is 0.303 e. The Hall–Kier alpha value is -1.16. The van der Waals surface area contributed by atoms with Crippen molar-refractivity contribution in [2.75, 3.05) is 0 Å². The molecule has 1 N–H and O–H groups in total. The van der Waals surface area contributed by atoms with Gasteiger partial charge in [-0.25, -0.2) is 0 Å². The minimum atomic E-state index is -0.403. The van der Waals surface area contributed by atoms with E-state index >= 15 is 0 Å². The second-order valence-electron chi connectivity index (χ2n) is 10.2. The van der Waals surface area contributed by atoms with Crippen LogP contribution in [0.1, 0.15) is 72.6 Å². The van der Waals surface area contributed by atoms with Crippen molar-refractivity contribution in [1.29, 1.82) is 0 Å². The summed E-state index contributed by atoms with van der Waals surface area (Å²) in [6.45, 7) is 8.18. The number of allylic oxidation sites excluding steroid dienone is 1. The number of aliphatic hydroxyl groups is 1. The van der Waals surface area contributed by atoms with E-state index in [4.69, 9.17) is 4.74 Å². The Kier molecular flexibility index (Phi) is 4.38. The third-order valence-electron chi connectivity index (χ3n) is 9.13. The number of aliphatic hydroxyl groups excluding tert-OH is 1. The third-order valence-corrected chi connectivity index (χ3v) is 9.13. The van der Waals surface area contributed by atoms with Crippen LogP contribution in [0.2, 0.25) is 0 Å². The Morgan fingerprint density at radius 3 is 2.56 bits per heavy atom. The van der Waals surface area contributed by atoms with Crippen LogP contribution >= 0.6 is 0 Å². The summed E-state index contributed by atoms with van der Waals surface area (Å²) in [7, 11) is 0. The monoisotopic (exact) mass is 374 g/mol. The molecule has 0 aliphatic heterocycles. The predicted molar refractivity (Wildman–Crippen MR) is 103 cm³/mol. The van der Waals surface area contributed by atoms with Gasteiger partial charge in [-0.05, 0) is 75.5 Å². The molecular weight excluding hydrogens is 340 g/mol. The Labute approximate surface area is 162 Å². The second kappa shape index (κ2) is 6.17. The lowest BCUT2D eigenvalue weighted by atomic mass is 9.44. The van der Waals surface area contributed by atoms with Gasteiger partial charge in [0, 0.05) is 12.3 Å². The highest BCUT2D eigenvalue weighted by Crippen LogP contribution is 2.68. The molecule has 4 aliphatic carbocycles. The third kappa shape index (κ3) is 2.51. The molecule has 3 unspecified atom stereocenters. The summed E-state index contributed by atoms with van der Waals surface area (Å²) >= 11 is 0. The van der Waals surface area contributed by atoms with E-state index in [9.17, 15) is 14.7 Å². The first-order valence-corrected chi connectivity index (χ1v) is 10.7. The van der Waals surface area contributed by atoms with E-state index in [2.05, 4.69) is 20.8 Å². The highest BCUT2D eigenvalue weighted by molar-refractivity contribution is 5.68. The van der Waals surface area contributed by atoms with Crippen molar-refractivity contribution in [3.05, 3.63) is 11.6 Å². The number of hydrogen-bond donors (Lipinski definition) is 1. The molecule has 8 atom stereocenters. The molecular formula is C23H34O4. The number of aldehydes is 1. The fraction of sp³-hybridized carbons (Fsp3) is 0.826. The largest absolute Gasteiger partial charge is 0.459 e. The van der Waals surface area contributed by atoms with Crippen molar-refractivity contribution in [2.45, 2.75) is 84.3 Å². The maximum Gasteiger partial charge on any atom is 0.303 e. The van der Waals surface area contributed by atoms with Crippen molar-refractivity contribution in [1.82, 2.24) is 0 Å². The summed E-state index contributed by atoms with van der Waals surface area (Å²) in [4.78, 5) is 24.2. The predicted octanol–water partition coefficient (Wildman–Crippen LogP) is 4.06. The number of esters is 1. The SMILES string of the molecule is CC(=O)OC1(C)CC[C@H]2[C@@H]3CC(C)C4=CC(O)CC[C@]4(C=O)[C@@H]3CC[C@@]21C. The molecule has 4 heteroatoms. The highest BCUT2D eigenvalue weighted by Gasteiger charge is 2.65. The summed E-state index contributed by atoms with van der Waals surface area (Å²) in [5.41, 5.74) is 0.398. The van der Waals surface area contributed by atoms with Gasteiger partial charge in [-0.3, -0.25) is 4.79 Å². The van der Waals surface area contributed by atoms with Crippen molar-refractivity contribution in [3.63, 3.8) is 0 Å². The number of carbonyl (C=O) groups is 2. The maximum atomic E-state index is 12.5. The van der Waals surface area contributed by atoms with Gasteiger partial charge in [0.15, 0.2) is 0 Å². The van der Waals surface area contributed by atoms with Crippen LogP contribution in [0.15, 0.2) is 11.6 Å². The van der Waals surface area contributed by atoms with Gasteiger partial charge < -0.3 is 14.6 Å². The normalized spacial score (nSPS) is 51.4. The molecule has 27 heavy (non-hydrogen) atoms. The zero-order valence-electron chi connectivity index (χ0n) is 17.2. The van der Waals surface area contributed by atoms with E-state index in [1.807, 2.05) is 6.08 Å². The first-order chi connectivity index (χ1) is 12.7. The molecule has 0 aromatic rings. The molecule has 0 bridgehead atoms. The molecule has 0 amide bonds. The van der Waals surface area contributed by atoms with Crippen LogP contribution in [0, 0.1) is 34.5 Å². The molecule has 3 saturated carbocycles. The Morgan fingerprint density at radius 1 is 1.19 bits per heavy atom. The molecule has 4 nitrogen and oxygen atoms in total. The quantitative estimate of drug-likeness (QED) is 0.450. The van der Waals surface area contributed by atoms with E-state index in [1.54, 1.807) is 0 Å². The number of carbonyl (C=O) groups excluding carboxylic acids is 2. The van der Waals surface area contributed by atoms with Crippen molar-refractivity contribution >= 4 is 12.3 Å².